The lowest BCUT2D eigenvalue weighted by molar-refractivity contribution is -0.159. The van der Waals surface area contributed by atoms with E-state index in [0.29, 0.717) is 63.0 Å². The largest absolute Gasteiger partial charge is 0.435 e. The summed E-state index contributed by atoms with van der Waals surface area (Å²) in [6.45, 7) is 13.0. The van der Waals surface area contributed by atoms with Crippen LogP contribution in [0.2, 0.25) is 0 Å². The second-order valence-corrected chi connectivity index (χ2v) is 9.25. The Hall–Kier alpha value is -1.89. The number of hydrogen-bond donors (Lipinski definition) is 0. The molecule has 3 rings (SSSR count). The molecule has 2 aliphatic heterocycles. The molecule has 2 fully saturated rings. The van der Waals surface area contributed by atoms with Crippen molar-refractivity contribution in [2.75, 3.05) is 32.8 Å². The summed E-state index contributed by atoms with van der Waals surface area (Å²) in [6, 6.07) is 0. The summed E-state index contributed by atoms with van der Waals surface area (Å²) >= 11 is 0. The molecule has 0 saturated carbocycles. The zero-order chi connectivity index (χ0) is 20.5. The van der Waals surface area contributed by atoms with Crippen molar-refractivity contribution in [1.82, 2.24) is 14.8 Å². The SMILES string of the molecule is CCc1nc(C)c(C(=O)N2CCC3(CC2)CN(C(=O)CC(C)(C)C)CCO3)o1. The minimum atomic E-state index is -0.340. The summed E-state index contributed by atoms with van der Waals surface area (Å²) in [5.74, 6) is 1.03. The number of nitrogens with zero attached hydrogens (tertiary/aromatic N) is 3. The molecule has 28 heavy (non-hydrogen) atoms. The molecule has 0 bridgehead atoms. The molecule has 2 amide bonds. The normalized spacial score (nSPS) is 19.9. The first kappa shape index (κ1) is 20.8. The highest BCUT2D eigenvalue weighted by atomic mass is 16.5. The number of oxazole rings is 1. The van der Waals surface area contributed by atoms with Crippen LogP contribution in [-0.4, -0.2) is 65.0 Å². The highest BCUT2D eigenvalue weighted by molar-refractivity contribution is 5.92. The van der Waals surface area contributed by atoms with Crippen LogP contribution in [0.5, 0.6) is 0 Å². The smallest absolute Gasteiger partial charge is 0.291 e. The lowest BCUT2D eigenvalue weighted by atomic mass is 9.87. The monoisotopic (exact) mass is 391 g/mol. The molecule has 0 atom stereocenters. The molecule has 0 N–H and O–H groups in total. The minimum Gasteiger partial charge on any atom is -0.435 e. The molecule has 1 aromatic rings. The van der Waals surface area contributed by atoms with Gasteiger partial charge in [0.15, 0.2) is 5.89 Å². The first-order chi connectivity index (χ1) is 13.1. The fourth-order valence-corrected chi connectivity index (χ4v) is 3.99. The Balaban J connectivity index is 1.61. The summed E-state index contributed by atoms with van der Waals surface area (Å²) in [4.78, 5) is 33.6. The van der Waals surface area contributed by atoms with Gasteiger partial charge in [-0.1, -0.05) is 27.7 Å². The highest BCUT2D eigenvalue weighted by Gasteiger charge is 2.42. The number of carbonyl (C=O) groups is 2. The Morgan fingerprint density at radius 3 is 2.39 bits per heavy atom. The van der Waals surface area contributed by atoms with Crippen molar-refractivity contribution in [3.05, 3.63) is 17.3 Å². The Labute approximate surface area is 167 Å². The number of amides is 2. The molecule has 0 radical (unpaired) electrons. The van der Waals surface area contributed by atoms with Gasteiger partial charge in [0, 0.05) is 39.0 Å². The van der Waals surface area contributed by atoms with Crippen LogP contribution in [0, 0.1) is 12.3 Å². The van der Waals surface area contributed by atoms with E-state index in [1.54, 1.807) is 0 Å². The molecule has 3 heterocycles. The maximum absolute atomic E-state index is 12.8. The van der Waals surface area contributed by atoms with Crippen molar-refractivity contribution in [2.24, 2.45) is 5.41 Å². The minimum absolute atomic E-state index is 0.0232. The van der Waals surface area contributed by atoms with Gasteiger partial charge >= 0.3 is 0 Å². The van der Waals surface area contributed by atoms with E-state index in [9.17, 15) is 9.59 Å². The van der Waals surface area contributed by atoms with Crippen molar-refractivity contribution in [3.63, 3.8) is 0 Å². The average Bonchev–Trinajstić information content (AvgIpc) is 3.01. The number of rotatable bonds is 3. The van der Waals surface area contributed by atoms with Crippen LogP contribution in [0.4, 0.5) is 0 Å². The molecule has 2 saturated heterocycles. The highest BCUT2D eigenvalue weighted by Crippen LogP contribution is 2.32. The van der Waals surface area contributed by atoms with Gasteiger partial charge in [0.05, 0.1) is 17.9 Å². The fourth-order valence-electron chi connectivity index (χ4n) is 3.99. The number of piperidine rings is 1. The fraction of sp³-hybridized carbons (Fsp3) is 0.762. The van der Waals surface area contributed by atoms with E-state index >= 15 is 0 Å². The summed E-state index contributed by atoms with van der Waals surface area (Å²) in [6.07, 6.45) is 2.67. The van der Waals surface area contributed by atoms with Crippen LogP contribution < -0.4 is 0 Å². The second kappa shape index (κ2) is 7.85. The average molecular weight is 392 g/mol. The Morgan fingerprint density at radius 1 is 1.14 bits per heavy atom. The van der Waals surface area contributed by atoms with Gasteiger partial charge < -0.3 is 19.0 Å². The van der Waals surface area contributed by atoms with Crippen LogP contribution >= 0.6 is 0 Å². The van der Waals surface area contributed by atoms with Crippen molar-refractivity contribution in [2.45, 2.75) is 65.9 Å². The summed E-state index contributed by atoms with van der Waals surface area (Å²) in [5.41, 5.74) is 0.285. The number of hydrogen-bond acceptors (Lipinski definition) is 5. The third-order valence-corrected chi connectivity index (χ3v) is 5.58. The predicted octanol–water partition coefficient (Wildman–Crippen LogP) is 2.82. The standard InChI is InChI=1S/C21H33N3O4/c1-6-16-22-15(2)18(28-16)19(26)23-9-7-21(8-10-23)14-24(11-12-27-21)17(25)13-20(3,4)5/h6-14H2,1-5H3. The van der Waals surface area contributed by atoms with Crippen molar-refractivity contribution in [3.8, 4) is 0 Å². The van der Waals surface area contributed by atoms with Gasteiger partial charge in [-0.25, -0.2) is 4.98 Å². The van der Waals surface area contributed by atoms with Crippen LogP contribution in [-0.2, 0) is 16.0 Å². The van der Waals surface area contributed by atoms with Crippen molar-refractivity contribution >= 4 is 11.8 Å². The Kier molecular flexibility index (Phi) is 5.84. The second-order valence-electron chi connectivity index (χ2n) is 9.25. The summed E-state index contributed by atoms with van der Waals surface area (Å²) in [7, 11) is 0. The van der Waals surface area contributed by atoms with Gasteiger partial charge in [0.1, 0.15) is 0 Å². The third kappa shape index (κ3) is 4.57. The number of aryl methyl sites for hydroxylation is 2. The van der Waals surface area contributed by atoms with Crippen LogP contribution in [0.3, 0.4) is 0 Å². The van der Waals surface area contributed by atoms with Gasteiger partial charge in [-0.3, -0.25) is 9.59 Å². The Morgan fingerprint density at radius 2 is 1.82 bits per heavy atom. The number of ether oxygens (including phenoxy) is 1. The Bertz CT molecular complexity index is 726. The molecule has 0 aromatic carbocycles. The van der Waals surface area contributed by atoms with Gasteiger partial charge in [0.2, 0.25) is 11.7 Å². The lowest BCUT2D eigenvalue weighted by Crippen LogP contribution is -2.58. The van der Waals surface area contributed by atoms with E-state index in [2.05, 4.69) is 25.8 Å². The van der Waals surface area contributed by atoms with E-state index in [1.165, 1.54) is 0 Å². The molecule has 0 aliphatic carbocycles. The molecule has 1 spiro atoms. The van der Waals surface area contributed by atoms with Gasteiger partial charge in [-0.05, 0) is 25.2 Å². The van der Waals surface area contributed by atoms with Crippen LogP contribution in [0.15, 0.2) is 4.42 Å². The predicted molar refractivity (Wildman–Crippen MR) is 105 cm³/mol. The molecule has 1 aromatic heterocycles. The molecule has 2 aliphatic rings. The van der Waals surface area contributed by atoms with E-state index < -0.39 is 0 Å². The van der Waals surface area contributed by atoms with E-state index in [1.807, 2.05) is 23.6 Å². The third-order valence-electron chi connectivity index (χ3n) is 5.58. The summed E-state index contributed by atoms with van der Waals surface area (Å²) < 4.78 is 11.8. The molecule has 7 heteroatoms. The molecule has 0 unspecified atom stereocenters. The number of likely N-dealkylation sites (tertiary alicyclic amines) is 1. The van der Waals surface area contributed by atoms with Gasteiger partial charge in [-0.2, -0.15) is 0 Å². The first-order valence-corrected chi connectivity index (χ1v) is 10.3. The summed E-state index contributed by atoms with van der Waals surface area (Å²) in [5, 5.41) is 0. The molecule has 7 nitrogen and oxygen atoms in total. The van der Waals surface area contributed by atoms with E-state index in [0.717, 1.165) is 12.8 Å². The van der Waals surface area contributed by atoms with Crippen molar-refractivity contribution < 1.29 is 18.7 Å². The topological polar surface area (TPSA) is 75.9 Å². The zero-order valence-corrected chi connectivity index (χ0v) is 17.8. The number of carbonyl (C=O) groups excluding carboxylic acids is 2. The lowest BCUT2D eigenvalue weighted by Gasteiger charge is -2.47. The maximum atomic E-state index is 12.8. The van der Waals surface area contributed by atoms with E-state index in [4.69, 9.17) is 9.15 Å². The first-order valence-electron chi connectivity index (χ1n) is 10.3. The maximum Gasteiger partial charge on any atom is 0.291 e. The molecular formula is C21H33N3O4. The molecular weight excluding hydrogens is 358 g/mol. The van der Waals surface area contributed by atoms with Gasteiger partial charge in [-0.15, -0.1) is 0 Å². The van der Waals surface area contributed by atoms with Crippen LogP contribution in [0.25, 0.3) is 0 Å². The van der Waals surface area contributed by atoms with Crippen molar-refractivity contribution in [1.29, 1.82) is 0 Å². The number of morpholine rings is 1. The van der Waals surface area contributed by atoms with Crippen LogP contribution in [0.1, 0.15) is 69.1 Å². The quantitative estimate of drug-likeness (QED) is 0.792. The number of aromatic nitrogens is 1. The zero-order valence-electron chi connectivity index (χ0n) is 17.8. The van der Waals surface area contributed by atoms with E-state index in [-0.39, 0.29) is 22.8 Å². The van der Waals surface area contributed by atoms with Gasteiger partial charge in [0.25, 0.3) is 5.91 Å². The molecule has 156 valence electrons.